The minimum absolute atomic E-state index is 0.0862. The molecule has 2 atom stereocenters. The van der Waals surface area contributed by atoms with E-state index in [-0.39, 0.29) is 18.1 Å². The van der Waals surface area contributed by atoms with Crippen LogP contribution in [-0.4, -0.2) is 20.7 Å². The van der Waals surface area contributed by atoms with Crippen LogP contribution in [0.15, 0.2) is 54.7 Å². The fourth-order valence-corrected chi connectivity index (χ4v) is 5.34. The van der Waals surface area contributed by atoms with Gasteiger partial charge in [0.25, 0.3) is 5.91 Å². The molecule has 176 valence electrons. The van der Waals surface area contributed by atoms with E-state index in [9.17, 15) is 4.79 Å². The minimum Gasteiger partial charge on any atom is -0.384 e. The van der Waals surface area contributed by atoms with E-state index in [1.807, 2.05) is 62.1 Å². The van der Waals surface area contributed by atoms with Gasteiger partial charge in [0.1, 0.15) is 18.0 Å². The van der Waals surface area contributed by atoms with E-state index in [2.05, 4.69) is 33.6 Å². The second kappa shape index (κ2) is 8.06. The van der Waals surface area contributed by atoms with Crippen LogP contribution in [0.5, 0.6) is 0 Å². The van der Waals surface area contributed by atoms with Crippen molar-refractivity contribution in [1.82, 2.24) is 20.1 Å². The van der Waals surface area contributed by atoms with Crippen LogP contribution in [0.3, 0.4) is 0 Å². The molecule has 2 unspecified atom stereocenters. The van der Waals surface area contributed by atoms with Gasteiger partial charge in [-0.3, -0.25) is 9.48 Å². The molecule has 3 N–H and O–H groups in total. The number of hydrogen-bond acceptors (Lipinski definition) is 5. The van der Waals surface area contributed by atoms with Crippen LogP contribution < -0.4 is 11.1 Å². The minimum atomic E-state index is -0.132. The molecule has 2 aromatic heterocycles. The molecule has 0 fully saturated rings. The van der Waals surface area contributed by atoms with Crippen molar-refractivity contribution in [2.75, 3.05) is 5.73 Å². The number of rotatable bonds is 5. The van der Waals surface area contributed by atoms with Gasteiger partial charge in [-0.2, -0.15) is 5.10 Å². The van der Waals surface area contributed by atoms with Crippen LogP contribution in [0.4, 0.5) is 5.82 Å². The number of aromatic nitrogens is 3. The number of hydrogen-bond donors (Lipinski definition) is 2. The van der Waals surface area contributed by atoms with Crippen molar-refractivity contribution in [3.05, 3.63) is 111 Å². The predicted octanol–water partition coefficient (Wildman–Crippen LogP) is 4.06. The Hall–Kier alpha value is -3.97. The van der Waals surface area contributed by atoms with Crippen molar-refractivity contribution in [2.24, 2.45) is 7.05 Å². The highest BCUT2D eigenvalue weighted by Gasteiger charge is 2.43. The van der Waals surface area contributed by atoms with Gasteiger partial charge >= 0.3 is 0 Å². The molecule has 35 heavy (non-hydrogen) atoms. The van der Waals surface area contributed by atoms with E-state index < -0.39 is 0 Å². The number of pyridine rings is 1. The lowest BCUT2D eigenvalue weighted by molar-refractivity contribution is 0.0857. The SMILES string of the molecule is Cc1cc(N)nc(C)c1CNC(=O)c1ccc2c(c1)C1OC2c2cc(Cc3ccn(C)n3)ccc21. The van der Waals surface area contributed by atoms with Gasteiger partial charge in [0.15, 0.2) is 0 Å². The van der Waals surface area contributed by atoms with E-state index in [0.717, 1.165) is 40.1 Å². The summed E-state index contributed by atoms with van der Waals surface area (Å²) in [6.45, 7) is 4.30. The lowest BCUT2D eigenvalue weighted by Gasteiger charge is -2.18. The van der Waals surface area contributed by atoms with E-state index in [0.29, 0.717) is 17.9 Å². The Labute approximate surface area is 204 Å². The number of nitrogens with two attached hydrogens (primary N) is 1. The van der Waals surface area contributed by atoms with Crippen molar-refractivity contribution in [1.29, 1.82) is 0 Å². The molecule has 0 spiro atoms. The van der Waals surface area contributed by atoms with Crippen LogP contribution in [0.25, 0.3) is 0 Å². The van der Waals surface area contributed by atoms with Gasteiger partial charge in [-0.05, 0) is 77.1 Å². The third-order valence-electron chi connectivity index (χ3n) is 7.06. The van der Waals surface area contributed by atoms with Crippen LogP contribution in [0.1, 0.15) is 72.9 Å². The van der Waals surface area contributed by atoms with Crippen LogP contribution in [-0.2, 0) is 24.8 Å². The molecule has 4 heterocycles. The van der Waals surface area contributed by atoms with Gasteiger partial charge < -0.3 is 15.8 Å². The Kier molecular flexibility index (Phi) is 4.96. The van der Waals surface area contributed by atoms with Gasteiger partial charge in [0.05, 0.1) is 5.69 Å². The number of amides is 1. The molecule has 0 aliphatic carbocycles. The van der Waals surface area contributed by atoms with Crippen molar-refractivity contribution in [2.45, 2.75) is 39.0 Å². The van der Waals surface area contributed by atoms with E-state index >= 15 is 0 Å². The lowest BCUT2D eigenvalue weighted by atomic mass is 9.84. The van der Waals surface area contributed by atoms with E-state index in [1.54, 1.807) is 0 Å². The maximum Gasteiger partial charge on any atom is 0.251 e. The highest BCUT2D eigenvalue weighted by atomic mass is 16.5. The van der Waals surface area contributed by atoms with Crippen LogP contribution >= 0.6 is 0 Å². The highest BCUT2D eigenvalue weighted by molar-refractivity contribution is 5.94. The van der Waals surface area contributed by atoms with Crippen molar-refractivity contribution in [3.63, 3.8) is 0 Å². The molecule has 0 saturated carbocycles. The topological polar surface area (TPSA) is 95.1 Å². The van der Waals surface area contributed by atoms with Crippen LogP contribution in [0, 0.1) is 13.8 Å². The molecule has 1 amide bonds. The summed E-state index contributed by atoms with van der Waals surface area (Å²) >= 11 is 0. The summed E-state index contributed by atoms with van der Waals surface area (Å²) < 4.78 is 8.18. The van der Waals surface area contributed by atoms with Gasteiger partial charge in [-0.25, -0.2) is 4.98 Å². The quantitative estimate of drug-likeness (QED) is 0.464. The average molecular weight is 466 g/mol. The Morgan fingerprint density at radius 2 is 1.77 bits per heavy atom. The first kappa shape index (κ1) is 21.6. The molecule has 7 nitrogen and oxygen atoms in total. The van der Waals surface area contributed by atoms with E-state index in [1.165, 1.54) is 16.7 Å². The highest BCUT2D eigenvalue weighted by Crippen LogP contribution is 2.54. The number of nitrogens with zero attached hydrogens (tertiary/aromatic N) is 3. The molecule has 0 radical (unpaired) electrons. The molecular weight excluding hydrogens is 438 g/mol. The summed E-state index contributed by atoms with van der Waals surface area (Å²) in [5.41, 5.74) is 16.2. The Bertz CT molecular complexity index is 1470. The number of anilines is 1. The fourth-order valence-electron chi connectivity index (χ4n) is 5.34. The summed E-state index contributed by atoms with van der Waals surface area (Å²) in [6.07, 6.45) is 2.54. The predicted molar refractivity (Wildman–Crippen MR) is 133 cm³/mol. The summed E-state index contributed by atoms with van der Waals surface area (Å²) in [5, 5.41) is 7.53. The zero-order chi connectivity index (χ0) is 24.3. The Morgan fingerprint density at radius 1 is 1.03 bits per heavy atom. The van der Waals surface area contributed by atoms with Gasteiger partial charge in [0.2, 0.25) is 0 Å². The smallest absolute Gasteiger partial charge is 0.251 e. The number of benzene rings is 2. The summed E-state index contributed by atoms with van der Waals surface area (Å²) in [4.78, 5) is 17.3. The maximum absolute atomic E-state index is 13.0. The second-order valence-corrected chi connectivity index (χ2v) is 9.47. The largest absolute Gasteiger partial charge is 0.384 e. The molecule has 6 rings (SSSR count). The third-order valence-corrected chi connectivity index (χ3v) is 7.06. The second-order valence-electron chi connectivity index (χ2n) is 9.47. The number of nitrogens with one attached hydrogen (secondary N) is 1. The zero-order valence-corrected chi connectivity index (χ0v) is 20.0. The van der Waals surface area contributed by atoms with E-state index in [4.69, 9.17) is 10.5 Å². The van der Waals surface area contributed by atoms with Gasteiger partial charge in [-0.1, -0.05) is 24.3 Å². The molecule has 2 aliphatic rings. The maximum atomic E-state index is 13.0. The summed E-state index contributed by atoms with van der Waals surface area (Å²) in [6, 6.07) is 16.3. The molecule has 2 aromatic carbocycles. The standard InChI is InChI=1S/C28H27N5O2/c1-15-10-25(29)31-16(2)24(15)14-30-28(34)18-5-7-21-23(13-18)27-20-6-4-17(12-22(20)26(21)35-27)11-19-8-9-33(3)32-19/h4-10,12-13,26-27H,11,14H2,1-3H3,(H2,29,31)(H,30,34). The molecular formula is C28H27N5O2. The van der Waals surface area contributed by atoms with Crippen molar-refractivity contribution in [3.8, 4) is 0 Å². The molecule has 2 aliphatic heterocycles. The van der Waals surface area contributed by atoms with Gasteiger partial charge in [-0.15, -0.1) is 0 Å². The number of ether oxygens (including phenoxy) is 1. The monoisotopic (exact) mass is 465 g/mol. The average Bonchev–Trinajstić information content (AvgIpc) is 3.51. The number of nitrogen functional groups attached to an aromatic ring is 1. The Balaban J connectivity index is 1.21. The van der Waals surface area contributed by atoms with Gasteiger partial charge in [0, 0.05) is 37.5 Å². The molecule has 7 heteroatoms. The summed E-state index contributed by atoms with van der Waals surface area (Å²) in [5.74, 6) is 0.380. The van der Waals surface area contributed by atoms with Crippen molar-refractivity contribution < 1.29 is 9.53 Å². The van der Waals surface area contributed by atoms with Crippen molar-refractivity contribution >= 4 is 11.7 Å². The summed E-state index contributed by atoms with van der Waals surface area (Å²) in [7, 11) is 1.93. The number of aryl methyl sites for hydroxylation is 3. The Morgan fingerprint density at radius 3 is 2.49 bits per heavy atom. The first-order chi connectivity index (χ1) is 16.9. The zero-order valence-electron chi connectivity index (χ0n) is 20.0. The number of fused-ring (bicyclic) bond motifs is 8. The van der Waals surface area contributed by atoms with Crippen LogP contribution in [0.2, 0.25) is 0 Å². The molecule has 2 bridgehead atoms. The normalized spacial score (nSPS) is 17.3. The fraction of sp³-hybridized carbons (Fsp3) is 0.250. The lowest BCUT2D eigenvalue weighted by Crippen LogP contribution is -2.24. The molecule has 4 aromatic rings. The first-order valence-corrected chi connectivity index (χ1v) is 11.8. The number of carbonyl (C=O) groups excluding carboxylic acids is 1. The number of carbonyl (C=O) groups is 1. The first-order valence-electron chi connectivity index (χ1n) is 11.8. The third kappa shape index (κ3) is 3.68. The molecule has 0 saturated heterocycles.